The van der Waals surface area contributed by atoms with Crippen molar-refractivity contribution in [3.05, 3.63) is 33.6 Å². The van der Waals surface area contributed by atoms with Gasteiger partial charge in [-0.25, -0.2) is 4.39 Å². The number of halogens is 1. The van der Waals surface area contributed by atoms with Gasteiger partial charge in [-0.1, -0.05) is 19.3 Å². The lowest BCUT2D eigenvalue weighted by Gasteiger charge is -2.41. The number of hydrogen-bond donors (Lipinski definition) is 2. The second-order valence-corrected chi connectivity index (χ2v) is 6.75. The number of hydrogen-bond acceptors (Lipinski definition) is 5. The summed E-state index contributed by atoms with van der Waals surface area (Å²) in [6.45, 7) is 3.26. The van der Waals surface area contributed by atoms with E-state index in [4.69, 9.17) is 0 Å². The predicted octanol–water partition coefficient (Wildman–Crippen LogP) is 2.97. The number of nitrogens with zero attached hydrogens (tertiary/aromatic N) is 2. The van der Waals surface area contributed by atoms with E-state index in [9.17, 15) is 19.6 Å². The van der Waals surface area contributed by atoms with Crippen LogP contribution in [-0.4, -0.2) is 41.1 Å². The third-order valence-electron chi connectivity index (χ3n) is 5.25. The van der Waals surface area contributed by atoms with Gasteiger partial charge in [-0.3, -0.25) is 15.0 Å². The van der Waals surface area contributed by atoms with Gasteiger partial charge in [-0.05, 0) is 18.8 Å². The second kappa shape index (κ2) is 7.44. The minimum atomic E-state index is -0.907. The largest absolute Gasteiger partial charge is 0.505 e. The minimum Gasteiger partial charge on any atom is -0.505 e. The summed E-state index contributed by atoms with van der Waals surface area (Å²) in [5.41, 5.74) is 0.0757. The van der Waals surface area contributed by atoms with Crippen LogP contribution in [-0.2, 0) is 0 Å². The lowest BCUT2D eigenvalue weighted by atomic mass is 9.79. The van der Waals surface area contributed by atoms with Crippen LogP contribution in [0.25, 0.3) is 0 Å². The molecule has 2 aliphatic rings. The number of nitro groups is 1. The summed E-state index contributed by atoms with van der Waals surface area (Å²) in [4.78, 5) is 12.8. The zero-order chi connectivity index (χ0) is 17.1. The Bertz CT molecular complexity index is 581. The van der Waals surface area contributed by atoms with Crippen LogP contribution in [0.1, 0.15) is 43.7 Å². The fourth-order valence-corrected chi connectivity index (χ4v) is 4.10. The van der Waals surface area contributed by atoms with Gasteiger partial charge in [0.15, 0.2) is 11.6 Å². The quantitative estimate of drug-likeness (QED) is 0.652. The number of aromatic hydroxyl groups is 1. The van der Waals surface area contributed by atoms with Crippen molar-refractivity contribution in [2.45, 2.75) is 38.1 Å². The summed E-state index contributed by atoms with van der Waals surface area (Å²) >= 11 is 0. The van der Waals surface area contributed by atoms with E-state index in [0.717, 1.165) is 57.9 Å². The lowest BCUT2D eigenvalue weighted by Crippen LogP contribution is -2.47. The normalized spacial score (nSPS) is 21.5. The Balaban J connectivity index is 2.01. The number of nitro benzene ring substituents is 1. The zero-order valence-corrected chi connectivity index (χ0v) is 13.7. The molecule has 2 fully saturated rings. The van der Waals surface area contributed by atoms with E-state index in [0.29, 0.717) is 11.5 Å². The summed E-state index contributed by atoms with van der Waals surface area (Å²) in [7, 11) is 0. The number of phenols is 1. The van der Waals surface area contributed by atoms with Gasteiger partial charge in [0.25, 0.3) is 5.69 Å². The molecule has 0 aromatic heterocycles. The minimum absolute atomic E-state index is 0.165. The van der Waals surface area contributed by atoms with Crippen molar-refractivity contribution in [1.82, 2.24) is 10.2 Å². The highest BCUT2D eigenvalue weighted by molar-refractivity contribution is 5.46. The van der Waals surface area contributed by atoms with E-state index in [2.05, 4.69) is 10.2 Å². The number of non-ortho nitro benzene ring substituents is 1. The SMILES string of the molecule is O=[N+]([O-])c1cc(F)c(O)c([C@@H](C2CCCCC2)N2CCNCC2)c1. The van der Waals surface area contributed by atoms with Crippen molar-refractivity contribution >= 4 is 5.69 Å². The molecule has 1 aromatic carbocycles. The van der Waals surface area contributed by atoms with Gasteiger partial charge in [0.05, 0.1) is 11.0 Å². The van der Waals surface area contributed by atoms with Crippen LogP contribution in [0.2, 0.25) is 0 Å². The molecule has 0 radical (unpaired) electrons. The Kier molecular flexibility index (Phi) is 5.30. The molecule has 1 heterocycles. The van der Waals surface area contributed by atoms with Gasteiger partial charge >= 0.3 is 0 Å². The smallest absolute Gasteiger partial charge is 0.272 e. The van der Waals surface area contributed by atoms with Crippen LogP contribution in [0.5, 0.6) is 5.75 Å². The molecule has 0 bridgehead atoms. The fraction of sp³-hybridized carbons (Fsp3) is 0.647. The van der Waals surface area contributed by atoms with Crippen molar-refractivity contribution in [2.24, 2.45) is 5.92 Å². The number of rotatable bonds is 4. The molecular formula is C17H24FN3O3. The first-order chi connectivity index (χ1) is 11.6. The third-order valence-corrected chi connectivity index (χ3v) is 5.25. The molecule has 2 N–H and O–H groups in total. The Labute approximate surface area is 140 Å². The first-order valence-electron chi connectivity index (χ1n) is 8.69. The summed E-state index contributed by atoms with van der Waals surface area (Å²) in [5, 5.41) is 24.7. The van der Waals surface area contributed by atoms with Crippen LogP contribution in [0.15, 0.2) is 12.1 Å². The molecule has 6 nitrogen and oxygen atoms in total. The number of nitrogens with one attached hydrogen (secondary N) is 1. The first kappa shape index (κ1) is 17.1. The van der Waals surface area contributed by atoms with Crippen molar-refractivity contribution in [3.8, 4) is 5.75 Å². The van der Waals surface area contributed by atoms with Crippen LogP contribution < -0.4 is 5.32 Å². The number of piperazine rings is 1. The van der Waals surface area contributed by atoms with Crippen LogP contribution >= 0.6 is 0 Å². The maximum atomic E-state index is 14.1. The van der Waals surface area contributed by atoms with Crippen LogP contribution in [0.4, 0.5) is 10.1 Å². The lowest BCUT2D eigenvalue weighted by molar-refractivity contribution is -0.385. The molecule has 0 amide bonds. The summed E-state index contributed by atoms with van der Waals surface area (Å²) in [5.74, 6) is -1.05. The molecule has 1 saturated carbocycles. The van der Waals surface area contributed by atoms with Crippen molar-refractivity contribution < 1.29 is 14.4 Å². The summed E-state index contributed by atoms with van der Waals surface area (Å²) < 4.78 is 14.1. The summed E-state index contributed by atoms with van der Waals surface area (Å²) in [6, 6.07) is 2.00. The molecule has 132 valence electrons. The van der Waals surface area contributed by atoms with E-state index in [-0.39, 0.29) is 11.7 Å². The highest BCUT2D eigenvalue weighted by Crippen LogP contribution is 2.43. The van der Waals surface area contributed by atoms with Gasteiger partial charge in [-0.15, -0.1) is 0 Å². The average molecular weight is 337 g/mol. The van der Waals surface area contributed by atoms with E-state index in [1.807, 2.05) is 0 Å². The second-order valence-electron chi connectivity index (χ2n) is 6.75. The molecule has 3 rings (SSSR count). The van der Waals surface area contributed by atoms with Gasteiger partial charge in [0.2, 0.25) is 0 Å². The molecule has 24 heavy (non-hydrogen) atoms. The number of benzene rings is 1. The van der Waals surface area contributed by atoms with Crippen molar-refractivity contribution in [1.29, 1.82) is 0 Å². The standard InChI is InChI=1S/C17H24FN3O3/c18-15-11-13(21(23)24)10-14(17(15)22)16(12-4-2-1-3-5-12)20-8-6-19-7-9-20/h10-12,16,19,22H,1-9H2/t16-/m1/s1. The van der Waals surface area contributed by atoms with Gasteiger partial charge in [-0.2, -0.15) is 0 Å². The fourth-order valence-electron chi connectivity index (χ4n) is 4.10. The van der Waals surface area contributed by atoms with Crippen LogP contribution in [0.3, 0.4) is 0 Å². The number of phenolic OH excluding ortho intramolecular Hbond substituents is 1. The molecular weight excluding hydrogens is 313 g/mol. The van der Waals surface area contributed by atoms with Gasteiger partial charge in [0, 0.05) is 43.9 Å². The maximum Gasteiger partial charge on any atom is 0.272 e. The third kappa shape index (κ3) is 3.52. The Morgan fingerprint density at radius 3 is 2.54 bits per heavy atom. The van der Waals surface area contributed by atoms with Gasteiger partial charge in [0.1, 0.15) is 0 Å². The first-order valence-corrected chi connectivity index (χ1v) is 8.69. The highest BCUT2D eigenvalue weighted by atomic mass is 19.1. The molecule has 1 aliphatic carbocycles. The monoisotopic (exact) mass is 337 g/mol. The highest BCUT2D eigenvalue weighted by Gasteiger charge is 2.34. The molecule has 7 heteroatoms. The molecule has 1 aliphatic heterocycles. The topological polar surface area (TPSA) is 78.6 Å². The molecule has 1 atom stereocenters. The van der Waals surface area contributed by atoms with Crippen molar-refractivity contribution in [3.63, 3.8) is 0 Å². The molecule has 1 aromatic rings. The van der Waals surface area contributed by atoms with E-state index < -0.39 is 16.5 Å². The molecule has 0 unspecified atom stereocenters. The average Bonchev–Trinajstić information content (AvgIpc) is 2.60. The molecule has 0 spiro atoms. The Hall–Kier alpha value is -1.73. The molecule has 1 saturated heterocycles. The summed E-state index contributed by atoms with van der Waals surface area (Å²) in [6.07, 6.45) is 5.45. The maximum absolute atomic E-state index is 14.1. The predicted molar refractivity (Wildman–Crippen MR) is 88.5 cm³/mol. The van der Waals surface area contributed by atoms with Crippen LogP contribution in [0, 0.1) is 21.8 Å². The zero-order valence-electron chi connectivity index (χ0n) is 13.7. The van der Waals surface area contributed by atoms with E-state index in [1.165, 1.54) is 12.5 Å². The Morgan fingerprint density at radius 1 is 1.25 bits per heavy atom. The van der Waals surface area contributed by atoms with E-state index >= 15 is 0 Å². The van der Waals surface area contributed by atoms with Gasteiger partial charge < -0.3 is 10.4 Å². The van der Waals surface area contributed by atoms with E-state index in [1.54, 1.807) is 0 Å². The van der Waals surface area contributed by atoms with Crippen molar-refractivity contribution in [2.75, 3.05) is 26.2 Å². The Morgan fingerprint density at radius 2 is 1.92 bits per heavy atom.